The third-order valence-electron chi connectivity index (χ3n) is 4.72. The quantitative estimate of drug-likeness (QED) is 0.780. The Bertz CT molecular complexity index is 246. The number of ether oxygens (including phenoxy) is 1. The van der Waals surface area contributed by atoms with Gasteiger partial charge in [0.05, 0.1) is 13.2 Å². The summed E-state index contributed by atoms with van der Waals surface area (Å²) in [7, 11) is 0. The van der Waals surface area contributed by atoms with Gasteiger partial charge in [-0.05, 0) is 31.6 Å². The second kappa shape index (κ2) is 4.63. The second-order valence-electron chi connectivity index (χ2n) is 5.68. The van der Waals surface area contributed by atoms with Crippen LogP contribution in [0.3, 0.4) is 0 Å². The number of fused-ring (bicyclic) bond motifs is 2. The molecule has 0 radical (unpaired) electrons. The molecule has 3 aliphatic rings. The zero-order valence-corrected chi connectivity index (χ0v) is 10.3. The number of nitrogens with zero attached hydrogens (tertiary/aromatic N) is 1. The van der Waals surface area contributed by atoms with Crippen molar-refractivity contribution < 1.29 is 4.74 Å². The molecule has 3 nitrogen and oxygen atoms in total. The van der Waals surface area contributed by atoms with Crippen LogP contribution in [0.2, 0.25) is 0 Å². The van der Waals surface area contributed by atoms with Crippen LogP contribution in [0.4, 0.5) is 0 Å². The lowest BCUT2D eigenvalue weighted by Gasteiger charge is -2.38. The Morgan fingerprint density at radius 1 is 1.38 bits per heavy atom. The van der Waals surface area contributed by atoms with Crippen molar-refractivity contribution in [1.82, 2.24) is 10.2 Å². The minimum Gasteiger partial charge on any atom is -0.378 e. The molecule has 1 N–H and O–H groups in total. The summed E-state index contributed by atoms with van der Waals surface area (Å²) in [6.45, 7) is 6.61. The molecule has 0 aromatic heterocycles. The fourth-order valence-corrected chi connectivity index (χ4v) is 3.75. The number of nitrogens with one attached hydrogen (secondary N) is 1. The molecule has 3 heterocycles. The van der Waals surface area contributed by atoms with E-state index in [1.54, 1.807) is 0 Å². The highest BCUT2D eigenvalue weighted by atomic mass is 16.5. The van der Waals surface area contributed by atoms with E-state index >= 15 is 0 Å². The Labute approximate surface area is 98.5 Å². The molecule has 0 spiro atoms. The van der Waals surface area contributed by atoms with Gasteiger partial charge >= 0.3 is 0 Å². The van der Waals surface area contributed by atoms with E-state index in [1.165, 1.54) is 32.2 Å². The monoisotopic (exact) mass is 224 g/mol. The van der Waals surface area contributed by atoms with E-state index in [0.29, 0.717) is 6.04 Å². The van der Waals surface area contributed by atoms with E-state index in [1.807, 2.05) is 0 Å². The Hall–Kier alpha value is -0.120. The van der Waals surface area contributed by atoms with Crippen molar-refractivity contribution in [1.29, 1.82) is 0 Å². The highest BCUT2D eigenvalue weighted by molar-refractivity contribution is 4.98. The standard InChI is InChI=1S/C13H24N2O/c1-2-12-9-16-6-5-15(12)8-10-7-11-3-4-13(10)14-11/h10-14H,2-9H2,1H3. The predicted octanol–water partition coefficient (Wildman–Crippen LogP) is 1.24. The first kappa shape index (κ1) is 11.0. The minimum atomic E-state index is 0.674. The molecular formula is C13H24N2O. The lowest BCUT2D eigenvalue weighted by molar-refractivity contribution is -0.0168. The molecule has 4 atom stereocenters. The Kier molecular flexibility index (Phi) is 3.18. The first-order valence-electron chi connectivity index (χ1n) is 6.94. The van der Waals surface area contributed by atoms with E-state index in [0.717, 1.165) is 37.8 Å². The maximum atomic E-state index is 5.57. The first-order chi connectivity index (χ1) is 7.86. The molecule has 4 unspecified atom stereocenters. The molecule has 3 aliphatic heterocycles. The molecule has 2 bridgehead atoms. The topological polar surface area (TPSA) is 24.5 Å². The van der Waals surface area contributed by atoms with Gasteiger partial charge in [0.1, 0.15) is 0 Å². The zero-order chi connectivity index (χ0) is 11.0. The summed E-state index contributed by atoms with van der Waals surface area (Å²) in [5, 5.41) is 3.74. The lowest BCUT2D eigenvalue weighted by atomic mass is 9.88. The average molecular weight is 224 g/mol. The highest BCUT2D eigenvalue weighted by Gasteiger charge is 2.40. The average Bonchev–Trinajstić information content (AvgIpc) is 2.92. The van der Waals surface area contributed by atoms with Crippen LogP contribution >= 0.6 is 0 Å². The van der Waals surface area contributed by atoms with Crippen molar-refractivity contribution in [3.63, 3.8) is 0 Å². The van der Waals surface area contributed by atoms with Crippen molar-refractivity contribution in [3.8, 4) is 0 Å². The Morgan fingerprint density at radius 3 is 3.00 bits per heavy atom. The van der Waals surface area contributed by atoms with Crippen molar-refractivity contribution in [2.45, 2.75) is 50.7 Å². The van der Waals surface area contributed by atoms with Gasteiger partial charge in [-0.15, -0.1) is 0 Å². The smallest absolute Gasteiger partial charge is 0.0622 e. The van der Waals surface area contributed by atoms with Crippen molar-refractivity contribution in [3.05, 3.63) is 0 Å². The van der Waals surface area contributed by atoms with Crippen molar-refractivity contribution in [2.24, 2.45) is 5.92 Å². The van der Waals surface area contributed by atoms with Gasteiger partial charge in [-0.25, -0.2) is 0 Å². The molecule has 3 heteroatoms. The molecular weight excluding hydrogens is 200 g/mol. The summed E-state index contributed by atoms with van der Waals surface area (Å²) >= 11 is 0. The van der Waals surface area contributed by atoms with Crippen LogP contribution in [-0.4, -0.2) is 49.3 Å². The van der Waals surface area contributed by atoms with Gasteiger partial charge in [-0.3, -0.25) is 4.90 Å². The lowest BCUT2D eigenvalue weighted by Crippen LogP contribution is -2.48. The first-order valence-corrected chi connectivity index (χ1v) is 6.94. The largest absolute Gasteiger partial charge is 0.378 e. The van der Waals surface area contributed by atoms with Crippen molar-refractivity contribution >= 4 is 0 Å². The fourth-order valence-electron chi connectivity index (χ4n) is 3.75. The number of hydrogen-bond acceptors (Lipinski definition) is 3. The van der Waals surface area contributed by atoms with E-state index in [2.05, 4.69) is 17.1 Å². The van der Waals surface area contributed by atoms with Crippen LogP contribution in [0.15, 0.2) is 0 Å². The Morgan fingerprint density at radius 2 is 2.31 bits per heavy atom. The van der Waals surface area contributed by atoms with E-state index in [9.17, 15) is 0 Å². The molecule has 3 rings (SSSR count). The van der Waals surface area contributed by atoms with Crippen LogP contribution in [0.25, 0.3) is 0 Å². The van der Waals surface area contributed by atoms with E-state index in [4.69, 9.17) is 4.74 Å². The summed E-state index contributed by atoms with van der Waals surface area (Å²) in [6.07, 6.45) is 5.48. The molecule has 0 amide bonds. The van der Waals surface area contributed by atoms with Crippen LogP contribution in [0.1, 0.15) is 32.6 Å². The fraction of sp³-hybridized carbons (Fsp3) is 1.00. The second-order valence-corrected chi connectivity index (χ2v) is 5.68. The number of hydrogen-bond donors (Lipinski definition) is 1. The Balaban J connectivity index is 1.56. The molecule has 0 aliphatic carbocycles. The SMILES string of the molecule is CCC1COCCN1CC1CC2CCC1N2. The maximum absolute atomic E-state index is 5.57. The van der Waals surface area contributed by atoms with Gasteiger partial charge in [0.2, 0.25) is 0 Å². The van der Waals surface area contributed by atoms with Gasteiger partial charge in [0, 0.05) is 31.2 Å². The summed E-state index contributed by atoms with van der Waals surface area (Å²) in [5.74, 6) is 0.908. The normalized spacial score (nSPS) is 44.1. The summed E-state index contributed by atoms with van der Waals surface area (Å²) in [4.78, 5) is 2.68. The third-order valence-corrected chi connectivity index (χ3v) is 4.72. The molecule has 3 fully saturated rings. The summed E-state index contributed by atoms with van der Waals surface area (Å²) in [6, 6.07) is 2.34. The third kappa shape index (κ3) is 2.01. The van der Waals surface area contributed by atoms with Gasteiger partial charge in [-0.2, -0.15) is 0 Å². The summed E-state index contributed by atoms with van der Waals surface area (Å²) in [5.41, 5.74) is 0. The summed E-state index contributed by atoms with van der Waals surface area (Å²) < 4.78 is 5.57. The minimum absolute atomic E-state index is 0.674. The molecule has 0 aromatic carbocycles. The van der Waals surface area contributed by atoms with Crippen LogP contribution in [0.5, 0.6) is 0 Å². The molecule has 16 heavy (non-hydrogen) atoms. The molecule has 0 aromatic rings. The van der Waals surface area contributed by atoms with Crippen LogP contribution < -0.4 is 5.32 Å². The predicted molar refractivity (Wildman–Crippen MR) is 64.5 cm³/mol. The van der Waals surface area contributed by atoms with Gasteiger partial charge in [0.15, 0.2) is 0 Å². The van der Waals surface area contributed by atoms with Gasteiger partial charge in [-0.1, -0.05) is 6.92 Å². The van der Waals surface area contributed by atoms with E-state index < -0.39 is 0 Å². The van der Waals surface area contributed by atoms with Crippen molar-refractivity contribution in [2.75, 3.05) is 26.3 Å². The maximum Gasteiger partial charge on any atom is 0.0622 e. The molecule has 92 valence electrons. The molecule has 0 saturated carbocycles. The van der Waals surface area contributed by atoms with Gasteiger partial charge in [0.25, 0.3) is 0 Å². The highest BCUT2D eigenvalue weighted by Crippen LogP contribution is 2.34. The zero-order valence-electron chi connectivity index (χ0n) is 10.3. The van der Waals surface area contributed by atoms with E-state index in [-0.39, 0.29) is 0 Å². The van der Waals surface area contributed by atoms with Crippen LogP contribution in [0, 0.1) is 5.92 Å². The number of morpholine rings is 1. The number of rotatable bonds is 3. The van der Waals surface area contributed by atoms with Gasteiger partial charge < -0.3 is 10.1 Å². The van der Waals surface area contributed by atoms with Crippen LogP contribution in [-0.2, 0) is 4.74 Å². The molecule has 3 saturated heterocycles.